The van der Waals surface area contributed by atoms with E-state index < -0.39 is 0 Å². The van der Waals surface area contributed by atoms with Crippen LogP contribution in [0, 0.1) is 5.92 Å². The predicted octanol–water partition coefficient (Wildman–Crippen LogP) is 2.02. The van der Waals surface area contributed by atoms with Gasteiger partial charge in [0, 0.05) is 32.5 Å². The molecule has 2 heterocycles. The molecule has 1 aliphatic heterocycles. The molecule has 2 fully saturated rings. The fourth-order valence-corrected chi connectivity index (χ4v) is 4.29. The Morgan fingerprint density at radius 1 is 1.33 bits per heavy atom. The molecule has 24 heavy (non-hydrogen) atoms. The number of hydrogen-bond donors (Lipinski definition) is 1. The zero-order valence-corrected chi connectivity index (χ0v) is 14.8. The number of anilines is 1. The van der Waals surface area contributed by atoms with E-state index in [0.717, 1.165) is 17.8 Å². The second-order valence-electron chi connectivity index (χ2n) is 6.50. The first-order valence-electron chi connectivity index (χ1n) is 8.58. The van der Waals surface area contributed by atoms with E-state index in [2.05, 4.69) is 15.5 Å². The van der Waals surface area contributed by atoms with Crippen molar-refractivity contribution < 1.29 is 14.3 Å². The molecule has 2 amide bonds. The summed E-state index contributed by atoms with van der Waals surface area (Å²) >= 11 is 1.47. The van der Waals surface area contributed by atoms with Crippen molar-refractivity contribution in [2.75, 3.05) is 32.1 Å². The van der Waals surface area contributed by atoms with Crippen LogP contribution >= 0.6 is 11.3 Å². The van der Waals surface area contributed by atoms with E-state index in [4.69, 9.17) is 4.74 Å². The SMILES string of the molecule is COCCN1CC(C(=O)Nc2nnc(C3CCCCC3)s2)CC1=O. The minimum atomic E-state index is -0.323. The van der Waals surface area contributed by atoms with Crippen LogP contribution in [0.5, 0.6) is 0 Å². The summed E-state index contributed by atoms with van der Waals surface area (Å²) in [7, 11) is 1.60. The lowest BCUT2D eigenvalue weighted by Crippen LogP contribution is -2.30. The van der Waals surface area contributed by atoms with Crippen LogP contribution in [0.4, 0.5) is 5.13 Å². The van der Waals surface area contributed by atoms with Gasteiger partial charge >= 0.3 is 0 Å². The Labute approximate surface area is 145 Å². The highest BCUT2D eigenvalue weighted by Gasteiger charge is 2.34. The highest BCUT2D eigenvalue weighted by Crippen LogP contribution is 2.35. The van der Waals surface area contributed by atoms with Crippen molar-refractivity contribution in [3.63, 3.8) is 0 Å². The minimum absolute atomic E-state index is 0.00681. The van der Waals surface area contributed by atoms with E-state index >= 15 is 0 Å². The molecule has 1 aliphatic carbocycles. The largest absolute Gasteiger partial charge is 0.383 e. The molecule has 2 aliphatic rings. The first-order valence-corrected chi connectivity index (χ1v) is 9.40. The fraction of sp³-hybridized carbons (Fsp3) is 0.750. The Bertz CT molecular complexity index is 586. The van der Waals surface area contributed by atoms with Gasteiger partial charge in [-0.25, -0.2) is 0 Å². The summed E-state index contributed by atoms with van der Waals surface area (Å²) in [5.41, 5.74) is 0. The molecule has 0 radical (unpaired) electrons. The van der Waals surface area contributed by atoms with Gasteiger partial charge in [0.2, 0.25) is 16.9 Å². The van der Waals surface area contributed by atoms with E-state index in [1.165, 1.54) is 30.6 Å². The number of carbonyl (C=O) groups is 2. The lowest BCUT2D eigenvalue weighted by Gasteiger charge is -2.18. The Kier molecular flexibility index (Phi) is 5.78. The fourth-order valence-electron chi connectivity index (χ4n) is 3.37. The van der Waals surface area contributed by atoms with Crippen LogP contribution in [0.3, 0.4) is 0 Å². The second kappa shape index (κ2) is 8.02. The number of likely N-dealkylation sites (tertiary alicyclic amines) is 1. The first kappa shape index (κ1) is 17.3. The van der Waals surface area contributed by atoms with Gasteiger partial charge in [-0.2, -0.15) is 0 Å². The van der Waals surface area contributed by atoms with Gasteiger partial charge < -0.3 is 15.0 Å². The number of aromatic nitrogens is 2. The van der Waals surface area contributed by atoms with Crippen LogP contribution in [0.25, 0.3) is 0 Å². The lowest BCUT2D eigenvalue weighted by molar-refractivity contribution is -0.128. The lowest BCUT2D eigenvalue weighted by atomic mass is 9.90. The maximum absolute atomic E-state index is 12.4. The number of methoxy groups -OCH3 is 1. The molecule has 3 rings (SSSR count). The van der Waals surface area contributed by atoms with Gasteiger partial charge in [0.05, 0.1) is 12.5 Å². The number of nitrogens with one attached hydrogen (secondary N) is 1. The first-order chi connectivity index (χ1) is 11.7. The summed E-state index contributed by atoms with van der Waals surface area (Å²) < 4.78 is 4.99. The third-order valence-electron chi connectivity index (χ3n) is 4.78. The monoisotopic (exact) mass is 352 g/mol. The number of amides is 2. The summed E-state index contributed by atoms with van der Waals surface area (Å²) in [5, 5.41) is 12.8. The normalized spacial score (nSPS) is 22.1. The molecule has 132 valence electrons. The molecule has 0 bridgehead atoms. The summed E-state index contributed by atoms with van der Waals surface area (Å²) in [6.07, 6.45) is 6.36. The molecular weight excluding hydrogens is 328 g/mol. The quantitative estimate of drug-likeness (QED) is 0.847. The number of carbonyl (C=O) groups excluding carboxylic acids is 2. The molecule has 7 nitrogen and oxygen atoms in total. The summed E-state index contributed by atoms with van der Waals surface area (Å²) in [6.45, 7) is 1.47. The standard InChI is InChI=1S/C16H24N4O3S/c1-23-8-7-20-10-12(9-13(20)21)14(22)17-16-19-18-15(24-16)11-5-3-2-4-6-11/h11-12H,2-10H2,1H3,(H,17,19,22). The molecule has 1 atom stereocenters. The van der Waals surface area contributed by atoms with Gasteiger partial charge in [-0.1, -0.05) is 30.6 Å². The van der Waals surface area contributed by atoms with Crippen molar-refractivity contribution in [3.8, 4) is 0 Å². The molecule has 1 N–H and O–H groups in total. The topological polar surface area (TPSA) is 84.4 Å². The zero-order chi connectivity index (χ0) is 16.9. The number of hydrogen-bond acceptors (Lipinski definition) is 6. The Balaban J connectivity index is 1.53. The van der Waals surface area contributed by atoms with Crippen molar-refractivity contribution in [1.82, 2.24) is 15.1 Å². The minimum Gasteiger partial charge on any atom is -0.383 e. The number of nitrogens with zero attached hydrogens (tertiary/aromatic N) is 3. The highest BCUT2D eigenvalue weighted by molar-refractivity contribution is 7.15. The van der Waals surface area contributed by atoms with Crippen LogP contribution in [0.2, 0.25) is 0 Å². The molecule has 0 spiro atoms. The zero-order valence-electron chi connectivity index (χ0n) is 14.0. The molecular formula is C16H24N4O3S. The highest BCUT2D eigenvalue weighted by atomic mass is 32.1. The van der Waals surface area contributed by atoms with E-state index in [1.807, 2.05) is 0 Å². The van der Waals surface area contributed by atoms with Crippen molar-refractivity contribution in [1.29, 1.82) is 0 Å². The third-order valence-corrected chi connectivity index (χ3v) is 5.78. The Morgan fingerprint density at radius 3 is 2.88 bits per heavy atom. The molecule has 0 aromatic carbocycles. The molecule has 8 heteroatoms. The molecule has 1 aromatic rings. The van der Waals surface area contributed by atoms with Crippen molar-refractivity contribution in [3.05, 3.63) is 5.01 Å². The van der Waals surface area contributed by atoms with E-state index in [1.54, 1.807) is 12.0 Å². The number of rotatable bonds is 6. The van der Waals surface area contributed by atoms with Crippen molar-refractivity contribution >= 4 is 28.3 Å². The van der Waals surface area contributed by atoms with Crippen LogP contribution in [-0.2, 0) is 14.3 Å². The van der Waals surface area contributed by atoms with Gasteiger partial charge in [-0.3, -0.25) is 9.59 Å². The molecule has 1 saturated heterocycles. The average molecular weight is 352 g/mol. The third kappa shape index (κ3) is 4.10. The van der Waals surface area contributed by atoms with Crippen molar-refractivity contribution in [2.24, 2.45) is 5.92 Å². The Hall–Kier alpha value is -1.54. The predicted molar refractivity (Wildman–Crippen MR) is 90.9 cm³/mol. The van der Waals surface area contributed by atoms with Crippen molar-refractivity contribution in [2.45, 2.75) is 44.4 Å². The van der Waals surface area contributed by atoms with Gasteiger partial charge in [-0.15, -0.1) is 10.2 Å². The van der Waals surface area contributed by atoms with Gasteiger partial charge in [0.1, 0.15) is 5.01 Å². The van der Waals surface area contributed by atoms with E-state index in [0.29, 0.717) is 30.7 Å². The second-order valence-corrected chi connectivity index (χ2v) is 7.51. The number of ether oxygens (including phenoxy) is 1. The molecule has 1 aromatic heterocycles. The summed E-state index contributed by atoms with van der Waals surface area (Å²) in [6, 6.07) is 0. The van der Waals surface area contributed by atoms with Crippen LogP contribution in [0.15, 0.2) is 0 Å². The maximum Gasteiger partial charge on any atom is 0.231 e. The maximum atomic E-state index is 12.4. The van der Waals surface area contributed by atoms with Gasteiger partial charge in [0.25, 0.3) is 0 Å². The van der Waals surface area contributed by atoms with E-state index in [-0.39, 0.29) is 24.2 Å². The van der Waals surface area contributed by atoms with Gasteiger partial charge in [-0.05, 0) is 12.8 Å². The summed E-state index contributed by atoms with van der Waals surface area (Å²) in [5.74, 6) is 0.0258. The smallest absolute Gasteiger partial charge is 0.231 e. The van der Waals surface area contributed by atoms with E-state index in [9.17, 15) is 9.59 Å². The molecule has 1 saturated carbocycles. The van der Waals surface area contributed by atoms with Crippen LogP contribution < -0.4 is 5.32 Å². The molecule has 1 unspecified atom stereocenters. The Morgan fingerprint density at radius 2 is 2.12 bits per heavy atom. The van der Waals surface area contributed by atoms with Crippen LogP contribution in [0.1, 0.15) is 49.5 Å². The summed E-state index contributed by atoms with van der Waals surface area (Å²) in [4.78, 5) is 26.0. The average Bonchev–Trinajstić information content (AvgIpc) is 3.20. The van der Waals surface area contributed by atoms with Gasteiger partial charge in [0.15, 0.2) is 0 Å². The van der Waals surface area contributed by atoms with Crippen LogP contribution in [-0.4, -0.2) is 53.7 Å².